The number of halogens is 4. The zero-order chi connectivity index (χ0) is 80.4. The maximum absolute atomic E-state index is 12.9. The van der Waals surface area contributed by atoms with E-state index in [2.05, 4.69) is 60.0 Å². The molecule has 0 atom stereocenters. The van der Waals surface area contributed by atoms with Crippen LogP contribution in [-0.4, -0.2) is 208 Å². The number of carboxylic acids is 1. The Kier molecular flexibility index (Phi) is 27.8. The second-order valence-electron chi connectivity index (χ2n) is 26.5. The van der Waals surface area contributed by atoms with Crippen molar-refractivity contribution in [1.29, 1.82) is 0 Å². The second-order valence-corrected chi connectivity index (χ2v) is 32.5. The Hall–Kier alpha value is -9.42. The van der Waals surface area contributed by atoms with Crippen LogP contribution in [0.1, 0.15) is 98.7 Å². The third-order valence-electron chi connectivity index (χ3n) is 16.5. The highest BCUT2D eigenvalue weighted by Crippen LogP contribution is 2.35. The molecule has 109 heavy (non-hydrogen) atoms. The number of fused-ring (bicyclic) bond motifs is 3. The van der Waals surface area contributed by atoms with Gasteiger partial charge in [-0.05, 0) is 122 Å². The molecule has 6 aromatic heterocycles. The number of carbonyl (C=O) groups is 2. The monoisotopic (exact) mass is 1600 g/mol. The molecule has 9 N–H and O–H groups in total. The molecule has 3 fully saturated rings. The first-order chi connectivity index (χ1) is 51.1. The SMILES string of the molecule is CC(C)(C)OC(=O)N1CC(N)C1.CCCc1nn(C)c2c(=O)[nH]c(-c3cc(S(=O)(=O)Cl)ccc3OCC)nc12.CCCc1nn(C)c2c(=O)[nH]c(-c3cc(S(=O)(=O)NC4CN(C)C4)ccc3OCC)nc12.CCCc1nn(C)c2c(=O)[nH]c(-c3cc(S(=O)(=O)NC4CNC4)ccc3OCC)nc12.O=C(O)C(F)(F)F. The summed E-state index contributed by atoms with van der Waals surface area (Å²) in [6.45, 7) is 22.0. The number of nitrogens with two attached hydrogens (primary N) is 1. The highest BCUT2D eigenvalue weighted by atomic mass is 35.7. The lowest BCUT2D eigenvalue weighted by molar-refractivity contribution is -0.192. The van der Waals surface area contributed by atoms with Gasteiger partial charge in [0.2, 0.25) is 20.0 Å². The number of amides is 1. The maximum Gasteiger partial charge on any atom is 0.490 e. The predicted molar refractivity (Wildman–Crippen MR) is 400 cm³/mol. The van der Waals surface area contributed by atoms with E-state index in [1.165, 1.54) is 56.5 Å². The molecule has 0 radical (unpaired) electrons. The van der Waals surface area contributed by atoms with Crippen LogP contribution >= 0.6 is 10.7 Å². The fraction of sp³-hybridized carbons (Fsp3) is 0.485. The average Bonchev–Trinajstić information content (AvgIpc) is 1.71. The van der Waals surface area contributed by atoms with Crippen molar-refractivity contribution in [2.75, 3.05) is 66.1 Å². The molecule has 3 aliphatic heterocycles. The Labute approximate surface area is 630 Å². The van der Waals surface area contributed by atoms with Crippen LogP contribution < -0.4 is 51.4 Å². The molecule has 594 valence electrons. The van der Waals surface area contributed by atoms with Gasteiger partial charge in [0.05, 0.1) is 68.3 Å². The van der Waals surface area contributed by atoms with E-state index >= 15 is 0 Å². The lowest BCUT2D eigenvalue weighted by Crippen LogP contribution is -2.58. The number of aliphatic carboxylic acids is 1. The van der Waals surface area contributed by atoms with Crippen molar-refractivity contribution >= 4 is 84.9 Å². The highest BCUT2D eigenvalue weighted by Gasteiger charge is 2.38. The third kappa shape index (κ3) is 21.1. The van der Waals surface area contributed by atoms with E-state index in [0.717, 1.165) is 30.7 Å². The second kappa shape index (κ2) is 35.5. The predicted octanol–water partition coefficient (Wildman–Crippen LogP) is 5.99. The molecule has 3 aromatic carbocycles. The molecular formula is C68H90ClF3N18O16S3. The maximum atomic E-state index is 12.9. The van der Waals surface area contributed by atoms with Crippen molar-refractivity contribution in [3.8, 4) is 51.4 Å². The van der Waals surface area contributed by atoms with Gasteiger partial charge < -0.3 is 59.9 Å². The quantitative estimate of drug-likeness (QED) is 0.0361. The summed E-state index contributed by atoms with van der Waals surface area (Å²) < 4.78 is 139. The molecule has 12 rings (SSSR count). The van der Waals surface area contributed by atoms with Gasteiger partial charge in [-0.25, -0.2) is 59.2 Å². The third-order valence-corrected chi connectivity index (χ3v) is 20.8. The number of aromatic amines is 3. The Morgan fingerprint density at radius 1 is 0.569 bits per heavy atom. The van der Waals surface area contributed by atoms with E-state index in [9.17, 15) is 57.6 Å². The largest absolute Gasteiger partial charge is 0.493 e. The minimum Gasteiger partial charge on any atom is -0.493 e. The number of H-pyrrole nitrogens is 3. The molecule has 41 heteroatoms. The van der Waals surface area contributed by atoms with Crippen molar-refractivity contribution < 1.29 is 72.1 Å². The standard InChI is InChI=1S/C21H28N6O4S.C20H26N6O4S.C17H19ClN4O4S.C8H16N2O2.C2HF3O2/c1-5-7-16-18-19(27(4)24-16)21(28)23-20(22-18)15-10-14(8-9-17(15)31-6-2)32(29,30)25-13-11-26(3)12-13;1-4-6-15-17-18(26(3)24-15)20(27)23-19(22-17)14-9-13(7-8-16(14)30-5-2)31(28,29)25-12-10-21-11-12;1-4-6-12-14-15(22(3)21-12)17(23)20-16(19-14)11-9-10(27(18,24)25)7-8-13(11)26-5-2;1-8(2,3)12-7(11)10-4-6(9)5-10;3-2(4,5)1(6)7/h8-10,13,25H,5-7,11-12H2,1-4H3,(H,22,23,28);7-9,12,21,25H,4-6,10-11H2,1-3H3,(H,22,23,27);7-9H,4-6H2,1-3H3,(H,19,20,23);6H,4-5,9H2,1-3H3;(H,6,7). The number of ether oxygens (including phenoxy) is 4. The van der Waals surface area contributed by atoms with E-state index in [1.54, 1.807) is 45.1 Å². The molecule has 9 aromatic rings. The van der Waals surface area contributed by atoms with Crippen LogP contribution in [0.2, 0.25) is 0 Å². The number of rotatable bonds is 22. The number of alkyl halides is 3. The number of carboxylic acid groups (broad SMARTS) is 1. The Morgan fingerprint density at radius 3 is 1.17 bits per heavy atom. The molecule has 0 bridgehead atoms. The molecule has 9 heterocycles. The van der Waals surface area contributed by atoms with Crippen molar-refractivity contribution in [3.63, 3.8) is 0 Å². The number of nitrogens with zero attached hydrogens (tertiary/aromatic N) is 11. The van der Waals surface area contributed by atoms with E-state index in [0.29, 0.717) is 151 Å². The van der Waals surface area contributed by atoms with Gasteiger partial charge in [-0.2, -0.15) is 28.5 Å². The molecule has 1 amide bonds. The van der Waals surface area contributed by atoms with Crippen molar-refractivity contribution in [2.24, 2.45) is 26.9 Å². The molecule has 0 saturated carbocycles. The van der Waals surface area contributed by atoms with Crippen LogP contribution in [0.3, 0.4) is 0 Å². The fourth-order valence-electron chi connectivity index (χ4n) is 11.5. The van der Waals surface area contributed by atoms with E-state index in [4.69, 9.17) is 45.3 Å². The van der Waals surface area contributed by atoms with Gasteiger partial charge in [0, 0.05) is 89.2 Å². The highest BCUT2D eigenvalue weighted by molar-refractivity contribution is 8.13. The summed E-state index contributed by atoms with van der Waals surface area (Å²) >= 11 is 0. The van der Waals surface area contributed by atoms with Crippen molar-refractivity contribution in [1.82, 2.24) is 83.8 Å². The molecular weight excluding hydrogens is 1510 g/mol. The zero-order valence-corrected chi connectivity index (χ0v) is 65.5. The number of aromatic nitrogens is 12. The Bertz CT molecular complexity index is 5340. The summed E-state index contributed by atoms with van der Waals surface area (Å²) in [6, 6.07) is 13.2. The van der Waals surface area contributed by atoms with E-state index < -0.39 is 46.8 Å². The van der Waals surface area contributed by atoms with Gasteiger partial charge in [0.25, 0.3) is 25.7 Å². The summed E-state index contributed by atoms with van der Waals surface area (Å²) in [7, 11) is 1.08. The molecule has 3 saturated heterocycles. The van der Waals surface area contributed by atoms with Crippen LogP contribution in [0.25, 0.3) is 67.3 Å². The van der Waals surface area contributed by atoms with E-state index in [-0.39, 0.29) is 73.1 Å². The first kappa shape index (κ1) is 85.2. The topological polar surface area (TPSA) is 453 Å². The van der Waals surface area contributed by atoms with Crippen LogP contribution in [0, 0.1) is 0 Å². The normalized spacial score (nSPS) is 14.4. The first-order valence-electron chi connectivity index (χ1n) is 34.8. The number of aryl methyl sites for hydroxylation is 6. The molecule has 34 nitrogen and oxygen atoms in total. The number of likely N-dealkylation sites (N-methyl/N-ethyl adjacent to an activating group) is 1. The van der Waals surface area contributed by atoms with Crippen LogP contribution in [-0.2, 0) is 79.0 Å². The molecule has 0 spiro atoms. The van der Waals surface area contributed by atoms with Gasteiger partial charge in [-0.3, -0.25) is 28.4 Å². The summed E-state index contributed by atoms with van der Waals surface area (Å²) in [5, 5.41) is 23.4. The smallest absolute Gasteiger partial charge is 0.490 e. The number of sulfonamides is 2. The minimum atomic E-state index is -5.08. The van der Waals surface area contributed by atoms with Gasteiger partial charge in [0.15, 0.2) is 16.6 Å². The number of nitrogens with one attached hydrogen (secondary N) is 6. The lowest BCUT2D eigenvalue weighted by atomic mass is 10.1. The average molecular weight is 1600 g/mol. The van der Waals surface area contributed by atoms with Gasteiger partial charge in [0.1, 0.15) is 56.9 Å². The summed E-state index contributed by atoms with van der Waals surface area (Å²) in [6.07, 6.45) is -0.754. The van der Waals surface area contributed by atoms with Crippen LogP contribution in [0.5, 0.6) is 17.2 Å². The Morgan fingerprint density at radius 2 is 0.899 bits per heavy atom. The summed E-state index contributed by atoms with van der Waals surface area (Å²) in [5.41, 5.74) is 10.0. The molecule has 0 unspecified atom stereocenters. The fourth-order valence-corrected chi connectivity index (χ4v) is 14.7. The lowest BCUT2D eigenvalue weighted by Gasteiger charge is -2.37. The number of hydrogen-bond acceptors (Lipinski definition) is 24. The molecule has 0 aliphatic carbocycles. The van der Waals surface area contributed by atoms with Crippen molar-refractivity contribution in [2.45, 2.75) is 145 Å². The number of benzene rings is 3. The van der Waals surface area contributed by atoms with Crippen LogP contribution in [0.15, 0.2) is 83.7 Å². The van der Waals surface area contributed by atoms with Gasteiger partial charge in [-0.15, -0.1) is 0 Å². The first-order valence-corrected chi connectivity index (χ1v) is 40.0. The van der Waals surface area contributed by atoms with Gasteiger partial charge >= 0.3 is 18.2 Å². The zero-order valence-electron chi connectivity index (χ0n) is 62.3. The summed E-state index contributed by atoms with van der Waals surface area (Å²) in [4.78, 5) is 84.3. The number of hydrogen-bond donors (Lipinski definition) is 8. The van der Waals surface area contributed by atoms with Crippen molar-refractivity contribution in [3.05, 3.63) is 103 Å². The van der Waals surface area contributed by atoms with Crippen LogP contribution in [0.4, 0.5) is 18.0 Å². The minimum absolute atomic E-state index is 0.0839. The number of likely N-dealkylation sites (tertiary alicyclic amines) is 2. The van der Waals surface area contributed by atoms with Gasteiger partial charge in [-0.1, -0.05) is 40.0 Å². The Balaban J connectivity index is 0.000000184. The molecule has 3 aliphatic rings. The summed E-state index contributed by atoms with van der Waals surface area (Å²) in [5.74, 6) is -0.792. The number of carbonyl (C=O) groups excluding carboxylic acids is 1. The van der Waals surface area contributed by atoms with E-state index in [1.807, 2.05) is 67.3 Å².